The first-order valence-corrected chi connectivity index (χ1v) is 5.76. The lowest BCUT2D eigenvalue weighted by molar-refractivity contribution is 0.597. The van der Waals surface area contributed by atoms with Crippen LogP contribution in [0, 0.1) is 0 Å². The van der Waals surface area contributed by atoms with E-state index in [-0.39, 0.29) is 6.04 Å². The van der Waals surface area contributed by atoms with Gasteiger partial charge in [-0.25, -0.2) is 10.4 Å². The van der Waals surface area contributed by atoms with Crippen LogP contribution in [0.15, 0.2) is 30.7 Å². The smallest absolute Gasteiger partial charge is 0.0946 e. The molecular weight excluding hydrogens is 259 g/mol. The SMILES string of the molecule is Cn1cncc1C(NN)c1cc(Cl)ccc1Cl. The number of nitrogens with zero attached hydrogens (tertiary/aromatic N) is 2. The summed E-state index contributed by atoms with van der Waals surface area (Å²) >= 11 is 12.1. The number of nitrogens with one attached hydrogen (secondary N) is 1. The molecule has 4 nitrogen and oxygen atoms in total. The van der Waals surface area contributed by atoms with Gasteiger partial charge >= 0.3 is 0 Å². The van der Waals surface area contributed by atoms with Crippen molar-refractivity contribution in [3.05, 3.63) is 52.0 Å². The molecule has 0 spiro atoms. The third-order valence-electron chi connectivity index (χ3n) is 2.59. The van der Waals surface area contributed by atoms with Crippen LogP contribution in [0.4, 0.5) is 0 Å². The number of hydrazine groups is 1. The van der Waals surface area contributed by atoms with E-state index in [4.69, 9.17) is 29.0 Å². The fourth-order valence-electron chi connectivity index (χ4n) is 1.72. The van der Waals surface area contributed by atoms with Crippen molar-refractivity contribution in [2.24, 2.45) is 12.9 Å². The number of hydrogen-bond donors (Lipinski definition) is 2. The topological polar surface area (TPSA) is 55.9 Å². The van der Waals surface area contributed by atoms with Crippen LogP contribution in [0.3, 0.4) is 0 Å². The molecule has 1 aromatic carbocycles. The van der Waals surface area contributed by atoms with Gasteiger partial charge in [0.15, 0.2) is 0 Å². The molecule has 0 aliphatic rings. The zero-order valence-electron chi connectivity index (χ0n) is 9.19. The van der Waals surface area contributed by atoms with Gasteiger partial charge in [0.2, 0.25) is 0 Å². The van der Waals surface area contributed by atoms with Crippen LogP contribution in [0.2, 0.25) is 10.0 Å². The molecule has 0 radical (unpaired) electrons. The Bertz CT molecular complexity index is 524. The number of imidazole rings is 1. The number of benzene rings is 1. The Hall–Kier alpha value is -1.07. The lowest BCUT2D eigenvalue weighted by Gasteiger charge is -2.18. The van der Waals surface area contributed by atoms with E-state index in [9.17, 15) is 0 Å². The van der Waals surface area contributed by atoms with Crippen LogP contribution < -0.4 is 11.3 Å². The lowest BCUT2D eigenvalue weighted by Crippen LogP contribution is -2.30. The summed E-state index contributed by atoms with van der Waals surface area (Å²) in [6.07, 6.45) is 3.44. The molecule has 3 N–H and O–H groups in total. The molecule has 1 unspecified atom stereocenters. The van der Waals surface area contributed by atoms with Gasteiger partial charge in [-0.05, 0) is 23.8 Å². The van der Waals surface area contributed by atoms with E-state index in [0.717, 1.165) is 11.3 Å². The Kier molecular flexibility index (Phi) is 3.69. The van der Waals surface area contributed by atoms with Gasteiger partial charge in [0.1, 0.15) is 0 Å². The minimum absolute atomic E-state index is 0.242. The standard InChI is InChI=1S/C11H12Cl2N4/c1-17-6-15-5-10(17)11(16-14)8-4-7(12)2-3-9(8)13/h2-6,11,16H,14H2,1H3. The summed E-state index contributed by atoms with van der Waals surface area (Å²) in [6, 6.07) is 5.04. The molecule has 1 aromatic heterocycles. The Morgan fingerprint density at radius 2 is 2.18 bits per heavy atom. The Morgan fingerprint density at radius 3 is 2.76 bits per heavy atom. The molecule has 0 aliphatic heterocycles. The highest BCUT2D eigenvalue weighted by atomic mass is 35.5. The maximum Gasteiger partial charge on any atom is 0.0946 e. The molecule has 2 rings (SSSR count). The molecule has 6 heteroatoms. The highest BCUT2D eigenvalue weighted by Crippen LogP contribution is 2.29. The van der Waals surface area contributed by atoms with Crippen LogP contribution >= 0.6 is 23.2 Å². The highest BCUT2D eigenvalue weighted by molar-refractivity contribution is 6.33. The van der Waals surface area contributed by atoms with E-state index in [2.05, 4.69) is 10.4 Å². The van der Waals surface area contributed by atoms with E-state index >= 15 is 0 Å². The third-order valence-corrected chi connectivity index (χ3v) is 3.16. The second-order valence-corrected chi connectivity index (χ2v) is 4.54. The summed E-state index contributed by atoms with van der Waals surface area (Å²) < 4.78 is 1.88. The van der Waals surface area contributed by atoms with Gasteiger partial charge in [0.25, 0.3) is 0 Å². The molecular formula is C11H12Cl2N4. The minimum Gasteiger partial charge on any atom is -0.336 e. The van der Waals surface area contributed by atoms with Crippen molar-refractivity contribution in [3.8, 4) is 0 Å². The van der Waals surface area contributed by atoms with Gasteiger partial charge < -0.3 is 4.57 Å². The van der Waals surface area contributed by atoms with Crippen molar-refractivity contribution in [3.63, 3.8) is 0 Å². The van der Waals surface area contributed by atoms with Gasteiger partial charge in [-0.2, -0.15) is 0 Å². The molecule has 0 saturated carbocycles. The number of aryl methyl sites for hydroxylation is 1. The number of aromatic nitrogens is 2. The first kappa shape index (κ1) is 12.4. The minimum atomic E-state index is -0.242. The number of halogens is 2. The maximum atomic E-state index is 6.16. The van der Waals surface area contributed by atoms with Crippen molar-refractivity contribution < 1.29 is 0 Å². The largest absolute Gasteiger partial charge is 0.336 e. The molecule has 90 valence electrons. The average molecular weight is 271 g/mol. The van der Waals surface area contributed by atoms with Gasteiger partial charge in [-0.15, -0.1) is 0 Å². The van der Waals surface area contributed by atoms with E-state index in [1.807, 2.05) is 11.6 Å². The summed E-state index contributed by atoms with van der Waals surface area (Å²) in [6.45, 7) is 0. The summed E-state index contributed by atoms with van der Waals surface area (Å²) in [5.74, 6) is 5.59. The first-order chi connectivity index (χ1) is 8.13. The summed E-state index contributed by atoms with van der Waals surface area (Å²) in [5, 5.41) is 1.23. The van der Waals surface area contributed by atoms with Gasteiger partial charge in [0.05, 0.1) is 24.3 Å². The van der Waals surface area contributed by atoms with E-state index < -0.39 is 0 Å². The fraction of sp³-hybridized carbons (Fsp3) is 0.182. The second-order valence-electron chi connectivity index (χ2n) is 3.69. The lowest BCUT2D eigenvalue weighted by atomic mass is 10.0. The average Bonchev–Trinajstić information content (AvgIpc) is 2.71. The van der Waals surface area contributed by atoms with Crippen LogP contribution in [-0.2, 0) is 7.05 Å². The molecule has 2 aromatic rings. The van der Waals surface area contributed by atoms with Crippen LogP contribution in [0.5, 0.6) is 0 Å². The quantitative estimate of drug-likeness (QED) is 0.665. The zero-order chi connectivity index (χ0) is 12.4. The Labute approximate surface area is 109 Å². The van der Waals surface area contributed by atoms with Crippen molar-refractivity contribution in [1.29, 1.82) is 0 Å². The molecule has 0 amide bonds. The number of nitrogens with two attached hydrogens (primary N) is 1. The Morgan fingerprint density at radius 1 is 1.41 bits per heavy atom. The number of hydrogen-bond acceptors (Lipinski definition) is 3. The van der Waals surface area contributed by atoms with Crippen molar-refractivity contribution in [2.45, 2.75) is 6.04 Å². The predicted octanol–water partition coefficient (Wildman–Crippen LogP) is 2.28. The molecule has 1 heterocycles. The fourth-order valence-corrected chi connectivity index (χ4v) is 2.12. The molecule has 0 saturated heterocycles. The maximum absolute atomic E-state index is 6.16. The molecule has 0 bridgehead atoms. The zero-order valence-corrected chi connectivity index (χ0v) is 10.7. The van der Waals surface area contributed by atoms with Crippen LogP contribution in [-0.4, -0.2) is 9.55 Å². The summed E-state index contributed by atoms with van der Waals surface area (Å²) in [4.78, 5) is 4.06. The molecule has 17 heavy (non-hydrogen) atoms. The van der Waals surface area contributed by atoms with Gasteiger partial charge in [-0.3, -0.25) is 5.84 Å². The predicted molar refractivity (Wildman–Crippen MR) is 68.8 cm³/mol. The first-order valence-electron chi connectivity index (χ1n) is 5.00. The van der Waals surface area contributed by atoms with Crippen molar-refractivity contribution in [1.82, 2.24) is 15.0 Å². The van der Waals surface area contributed by atoms with Crippen LogP contribution in [0.25, 0.3) is 0 Å². The highest BCUT2D eigenvalue weighted by Gasteiger charge is 2.18. The van der Waals surface area contributed by atoms with Crippen LogP contribution in [0.1, 0.15) is 17.3 Å². The van der Waals surface area contributed by atoms with Crippen molar-refractivity contribution >= 4 is 23.2 Å². The van der Waals surface area contributed by atoms with E-state index in [1.165, 1.54) is 0 Å². The van der Waals surface area contributed by atoms with E-state index in [0.29, 0.717) is 10.0 Å². The normalized spacial score (nSPS) is 12.7. The second kappa shape index (κ2) is 5.06. The van der Waals surface area contributed by atoms with E-state index in [1.54, 1.807) is 30.7 Å². The van der Waals surface area contributed by atoms with Crippen molar-refractivity contribution in [2.75, 3.05) is 0 Å². The molecule has 0 fully saturated rings. The third kappa shape index (κ3) is 2.45. The Balaban J connectivity index is 2.49. The summed E-state index contributed by atoms with van der Waals surface area (Å²) in [5.41, 5.74) is 4.46. The molecule has 1 atom stereocenters. The summed E-state index contributed by atoms with van der Waals surface area (Å²) in [7, 11) is 1.89. The number of rotatable bonds is 3. The van der Waals surface area contributed by atoms with Gasteiger partial charge in [-0.1, -0.05) is 23.2 Å². The monoisotopic (exact) mass is 270 g/mol. The molecule has 0 aliphatic carbocycles. The van der Waals surface area contributed by atoms with Gasteiger partial charge in [0, 0.05) is 17.1 Å².